The monoisotopic (exact) mass is 288 g/mol. The van der Waals surface area contributed by atoms with E-state index in [-0.39, 0.29) is 5.60 Å². The summed E-state index contributed by atoms with van der Waals surface area (Å²) < 4.78 is 8.88. The highest BCUT2D eigenvalue weighted by atomic mass is 32.1. The Bertz CT molecular complexity index is 642. The molecule has 0 radical (unpaired) electrons. The second-order valence-corrected chi connectivity index (χ2v) is 6.36. The summed E-state index contributed by atoms with van der Waals surface area (Å²) in [4.78, 5) is 3.20. The van der Waals surface area contributed by atoms with Crippen LogP contribution in [0.15, 0.2) is 36.5 Å². The van der Waals surface area contributed by atoms with Crippen molar-refractivity contribution in [2.75, 3.05) is 6.61 Å². The predicted molar refractivity (Wildman–Crippen MR) is 83.4 cm³/mol. The Morgan fingerprint density at radius 1 is 1.30 bits per heavy atom. The maximum absolute atomic E-state index is 5.82. The molecular formula is C16H20N2OS. The highest BCUT2D eigenvalue weighted by Gasteiger charge is 2.31. The molecule has 1 unspecified atom stereocenters. The molecule has 2 aromatic rings. The summed E-state index contributed by atoms with van der Waals surface area (Å²) >= 11 is 5.50. The van der Waals surface area contributed by atoms with Gasteiger partial charge in [-0.15, -0.1) is 0 Å². The molecule has 2 heterocycles. The standard InChI is InChI=1S/C16H20N2OS/c1-16(2)10-13(8-9-19-16)18-14(11-17-15(18)20)12-6-4-3-5-7-12/h3-7,11,13H,8-10H2,1-2H3,(H,17,20). The molecule has 3 rings (SSSR count). The second-order valence-electron chi connectivity index (χ2n) is 5.97. The average molecular weight is 288 g/mol. The summed E-state index contributed by atoms with van der Waals surface area (Å²) in [5.41, 5.74) is 2.28. The van der Waals surface area contributed by atoms with Crippen LogP contribution in [0.5, 0.6) is 0 Å². The fourth-order valence-corrected chi connectivity index (χ4v) is 3.30. The molecule has 3 nitrogen and oxygen atoms in total. The van der Waals surface area contributed by atoms with E-state index in [9.17, 15) is 0 Å². The van der Waals surface area contributed by atoms with Crippen LogP contribution in [0.2, 0.25) is 0 Å². The zero-order valence-electron chi connectivity index (χ0n) is 11.9. The van der Waals surface area contributed by atoms with Crippen molar-refractivity contribution in [2.45, 2.75) is 38.3 Å². The van der Waals surface area contributed by atoms with Crippen LogP contribution in [0.1, 0.15) is 32.7 Å². The molecule has 4 heteroatoms. The number of rotatable bonds is 2. The molecule has 0 bridgehead atoms. The second kappa shape index (κ2) is 5.19. The fourth-order valence-electron chi connectivity index (χ4n) is 2.99. The van der Waals surface area contributed by atoms with Crippen LogP contribution in [-0.2, 0) is 4.74 Å². The van der Waals surface area contributed by atoms with Crippen molar-refractivity contribution in [3.8, 4) is 11.3 Å². The SMILES string of the molecule is CC1(C)CC(n2c(-c3ccccc3)c[nH]c2=S)CCO1. The number of nitrogens with zero attached hydrogens (tertiary/aromatic N) is 1. The molecule has 0 saturated carbocycles. The molecule has 0 aliphatic carbocycles. The van der Waals surface area contributed by atoms with Crippen LogP contribution in [0.3, 0.4) is 0 Å². The van der Waals surface area contributed by atoms with Crippen LogP contribution in [0, 0.1) is 4.77 Å². The lowest BCUT2D eigenvalue weighted by atomic mass is 9.93. The first-order valence-corrected chi connectivity index (χ1v) is 7.47. The van der Waals surface area contributed by atoms with E-state index in [0.29, 0.717) is 6.04 Å². The van der Waals surface area contributed by atoms with E-state index in [4.69, 9.17) is 17.0 Å². The van der Waals surface area contributed by atoms with E-state index >= 15 is 0 Å². The van der Waals surface area contributed by atoms with Gasteiger partial charge in [0.25, 0.3) is 0 Å². The predicted octanol–water partition coefficient (Wildman–Crippen LogP) is 4.34. The number of ether oxygens (including phenoxy) is 1. The first kappa shape index (κ1) is 13.6. The molecule has 0 spiro atoms. The van der Waals surface area contributed by atoms with Gasteiger partial charge in [-0.05, 0) is 44.5 Å². The molecule has 1 saturated heterocycles. The van der Waals surface area contributed by atoms with Crippen molar-refractivity contribution >= 4 is 12.2 Å². The smallest absolute Gasteiger partial charge is 0.177 e. The molecule has 1 aliphatic heterocycles. The van der Waals surface area contributed by atoms with Crippen molar-refractivity contribution < 1.29 is 4.74 Å². The van der Waals surface area contributed by atoms with E-state index in [1.165, 1.54) is 11.3 Å². The highest BCUT2D eigenvalue weighted by Crippen LogP contribution is 2.35. The molecule has 1 fully saturated rings. The number of benzene rings is 1. The van der Waals surface area contributed by atoms with Gasteiger partial charge < -0.3 is 14.3 Å². The number of hydrogen-bond donors (Lipinski definition) is 1. The van der Waals surface area contributed by atoms with Gasteiger partial charge in [0.1, 0.15) is 0 Å². The van der Waals surface area contributed by atoms with Crippen molar-refractivity contribution in [1.29, 1.82) is 0 Å². The first-order valence-electron chi connectivity index (χ1n) is 7.06. The third kappa shape index (κ3) is 2.58. The number of aromatic nitrogens is 2. The van der Waals surface area contributed by atoms with Gasteiger partial charge in [0.15, 0.2) is 4.77 Å². The minimum atomic E-state index is -0.0804. The van der Waals surface area contributed by atoms with Gasteiger partial charge in [0.05, 0.1) is 11.3 Å². The van der Waals surface area contributed by atoms with Crippen molar-refractivity contribution in [3.05, 3.63) is 41.3 Å². The molecule has 1 aromatic heterocycles. The number of H-pyrrole nitrogens is 1. The van der Waals surface area contributed by atoms with Gasteiger partial charge in [-0.2, -0.15) is 0 Å². The number of nitrogens with one attached hydrogen (secondary N) is 1. The third-order valence-electron chi connectivity index (χ3n) is 3.92. The Morgan fingerprint density at radius 3 is 2.75 bits per heavy atom. The van der Waals surface area contributed by atoms with Gasteiger partial charge in [0, 0.05) is 18.8 Å². The van der Waals surface area contributed by atoms with Crippen molar-refractivity contribution in [2.24, 2.45) is 0 Å². The van der Waals surface area contributed by atoms with Gasteiger partial charge in [-0.3, -0.25) is 0 Å². The summed E-state index contributed by atoms with van der Waals surface area (Å²) in [7, 11) is 0. The Balaban J connectivity index is 2.02. The number of aromatic amines is 1. The summed E-state index contributed by atoms with van der Waals surface area (Å²) in [6.45, 7) is 5.09. The lowest BCUT2D eigenvalue weighted by Gasteiger charge is -2.36. The maximum Gasteiger partial charge on any atom is 0.177 e. The lowest BCUT2D eigenvalue weighted by molar-refractivity contribution is -0.0690. The van der Waals surface area contributed by atoms with E-state index in [1.54, 1.807) is 0 Å². The highest BCUT2D eigenvalue weighted by molar-refractivity contribution is 7.71. The molecule has 1 atom stereocenters. The van der Waals surface area contributed by atoms with Crippen molar-refractivity contribution in [3.63, 3.8) is 0 Å². The largest absolute Gasteiger partial charge is 0.375 e. The lowest BCUT2D eigenvalue weighted by Crippen LogP contribution is -2.35. The fraction of sp³-hybridized carbons (Fsp3) is 0.438. The Morgan fingerprint density at radius 2 is 2.05 bits per heavy atom. The van der Waals surface area contributed by atoms with Crippen LogP contribution in [-0.4, -0.2) is 21.8 Å². The van der Waals surface area contributed by atoms with Crippen molar-refractivity contribution in [1.82, 2.24) is 9.55 Å². The number of hydrogen-bond acceptors (Lipinski definition) is 2. The van der Waals surface area contributed by atoms with Crippen LogP contribution < -0.4 is 0 Å². The molecule has 1 N–H and O–H groups in total. The first-order chi connectivity index (χ1) is 9.57. The summed E-state index contributed by atoms with van der Waals surface area (Å²) in [6, 6.07) is 10.8. The van der Waals surface area contributed by atoms with E-state index in [2.05, 4.69) is 47.7 Å². The van der Waals surface area contributed by atoms with Crippen LogP contribution >= 0.6 is 12.2 Å². The third-order valence-corrected chi connectivity index (χ3v) is 4.23. The molecule has 106 valence electrons. The maximum atomic E-state index is 5.82. The molecule has 1 aliphatic rings. The minimum Gasteiger partial charge on any atom is -0.375 e. The summed E-state index contributed by atoms with van der Waals surface area (Å²) in [5, 5.41) is 0. The average Bonchev–Trinajstić information content (AvgIpc) is 2.80. The summed E-state index contributed by atoms with van der Waals surface area (Å²) in [6.07, 6.45) is 4.01. The van der Waals surface area contributed by atoms with Crippen LogP contribution in [0.4, 0.5) is 0 Å². The van der Waals surface area contributed by atoms with Gasteiger partial charge in [0.2, 0.25) is 0 Å². The Hall–Kier alpha value is -1.39. The van der Waals surface area contributed by atoms with Gasteiger partial charge >= 0.3 is 0 Å². The van der Waals surface area contributed by atoms with E-state index in [0.717, 1.165) is 24.2 Å². The van der Waals surface area contributed by atoms with Gasteiger partial charge in [-0.1, -0.05) is 30.3 Å². The minimum absolute atomic E-state index is 0.0804. The zero-order valence-corrected chi connectivity index (χ0v) is 12.7. The number of imidazole rings is 1. The Kier molecular flexibility index (Phi) is 3.52. The van der Waals surface area contributed by atoms with E-state index < -0.39 is 0 Å². The summed E-state index contributed by atoms with van der Waals surface area (Å²) in [5.74, 6) is 0. The van der Waals surface area contributed by atoms with E-state index in [1.807, 2.05) is 12.3 Å². The molecule has 20 heavy (non-hydrogen) atoms. The molecular weight excluding hydrogens is 268 g/mol. The molecule has 1 aromatic carbocycles. The van der Waals surface area contributed by atoms with Crippen LogP contribution in [0.25, 0.3) is 11.3 Å². The normalized spacial score (nSPS) is 21.8. The van der Waals surface area contributed by atoms with Gasteiger partial charge in [-0.25, -0.2) is 0 Å². The Labute approximate surface area is 124 Å². The molecule has 0 amide bonds. The topological polar surface area (TPSA) is 29.9 Å². The quantitative estimate of drug-likeness (QED) is 0.833. The zero-order chi connectivity index (χ0) is 14.2.